The second kappa shape index (κ2) is 10.8. The van der Waals surface area contributed by atoms with Gasteiger partial charge in [0, 0.05) is 32.0 Å². The molecule has 1 heterocycles. The van der Waals surface area contributed by atoms with Crippen LogP contribution in [0.4, 0.5) is 4.79 Å². The quantitative estimate of drug-likeness (QED) is 0.275. The summed E-state index contributed by atoms with van der Waals surface area (Å²) in [6, 6.07) is 0.353. The number of carbonyl (C=O) groups excluding carboxylic acids is 2. The topological polar surface area (TPSA) is 71.0 Å². The summed E-state index contributed by atoms with van der Waals surface area (Å²) in [5.74, 6) is 2.84. The number of amides is 1. The molecular formula is C29H46ClN3O3. The van der Waals surface area contributed by atoms with Gasteiger partial charge in [0.15, 0.2) is 5.78 Å². The Labute approximate surface area is 223 Å². The van der Waals surface area contributed by atoms with Crippen molar-refractivity contribution in [3.05, 3.63) is 11.6 Å². The van der Waals surface area contributed by atoms with E-state index in [0.717, 1.165) is 50.3 Å². The van der Waals surface area contributed by atoms with Crippen LogP contribution in [0.5, 0.6) is 0 Å². The van der Waals surface area contributed by atoms with E-state index in [1.165, 1.54) is 44.1 Å². The smallest absolute Gasteiger partial charge is 0.312 e. The molecule has 3 saturated carbocycles. The van der Waals surface area contributed by atoms with Crippen LogP contribution in [-0.4, -0.2) is 48.7 Å². The van der Waals surface area contributed by atoms with E-state index in [1.54, 1.807) is 4.90 Å². The number of nitrogens with one attached hydrogen (secondary N) is 1. The Morgan fingerprint density at radius 1 is 1.11 bits per heavy atom. The Hall–Kier alpha value is -1.40. The lowest BCUT2D eigenvalue weighted by atomic mass is 9.46. The minimum atomic E-state index is -0.355. The van der Waals surface area contributed by atoms with Gasteiger partial charge in [0.1, 0.15) is 0 Å². The summed E-state index contributed by atoms with van der Waals surface area (Å²) in [7, 11) is 1.81. The molecule has 0 spiro atoms. The van der Waals surface area contributed by atoms with Gasteiger partial charge in [0.2, 0.25) is 0 Å². The van der Waals surface area contributed by atoms with Crippen molar-refractivity contribution in [2.75, 3.05) is 20.1 Å². The zero-order chi connectivity index (χ0) is 24.8. The number of piperidine rings is 1. The minimum Gasteiger partial charge on any atom is -0.312 e. The summed E-state index contributed by atoms with van der Waals surface area (Å²) in [5, 5.41) is 7.90. The number of hydrogen-bond donors (Lipinski definition) is 1. The Bertz CT molecular complexity index is 913. The number of allylic oxidation sites excluding steroid dienone is 1. The number of fused-ring (bicyclic) bond motifs is 5. The Morgan fingerprint density at radius 3 is 2.67 bits per heavy atom. The highest BCUT2D eigenvalue weighted by Crippen LogP contribution is 2.66. The third-order valence-electron chi connectivity index (χ3n) is 11.0. The van der Waals surface area contributed by atoms with Crippen molar-refractivity contribution >= 4 is 30.0 Å². The molecule has 202 valence electrons. The lowest BCUT2D eigenvalue weighted by Crippen LogP contribution is -2.51. The Balaban J connectivity index is 0.00000304. The van der Waals surface area contributed by atoms with E-state index in [9.17, 15) is 9.59 Å². The van der Waals surface area contributed by atoms with Crippen LogP contribution < -0.4 is 5.32 Å². The largest absolute Gasteiger partial charge is 0.435 e. The Morgan fingerprint density at radius 2 is 1.92 bits per heavy atom. The maximum absolute atomic E-state index is 12.6. The minimum absolute atomic E-state index is 0. The molecule has 36 heavy (non-hydrogen) atoms. The van der Waals surface area contributed by atoms with Crippen molar-refractivity contribution < 1.29 is 14.4 Å². The second-order valence-electron chi connectivity index (χ2n) is 12.8. The van der Waals surface area contributed by atoms with Gasteiger partial charge in [0.05, 0.1) is 5.71 Å². The molecule has 7 heteroatoms. The maximum atomic E-state index is 12.6. The van der Waals surface area contributed by atoms with Gasteiger partial charge in [-0.1, -0.05) is 31.0 Å². The van der Waals surface area contributed by atoms with Crippen LogP contribution in [0, 0.1) is 34.5 Å². The van der Waals surface area contributed by atoms with Crippen molar-refractivity contribution in [1.82, 2.24) is 10.2 Å². The first kappa shape index (κ1) is 27.6. The van der Waals surface area contributed by atoms with E-state index in [4.69, 9.17) is 4.84 Å². The molecule has 0 bridgehead atoms. The fourth-order valence-corrected chi connectivity index (χ4v) is 8.97. The van der Waals surface area contributed by atoms with E-state index in [1.807, 2.05) is 13.1 Å². The summed E-state index contributed by atoms with van der Waals surface area (Å²) in [6.07, 6.45) is 14.1. The normalized spacial score (nSPS) is 40.2. The highest BCUT2D eigenvalue weighted by atomic mass is 35.5. The molecule has 1 unspecified atom stereocenters. The molecule has 5 aliphatic rings. The fourth-order valence-electron chi connectivity index (χ4n) is 8.97. The summed E-state index contributed by atoms with van der Waals surface area (Å²) < 4.78 is 0. The van der Waals surface area contributed by atoms with Crippen LogP contribution in [0.1, 0.15) is 91.4 Å². The molecule has 0 aromatic heterocycles. The van der Waals surface area contributed by atoms with Crippen LogP contribution in [0.3, 0.4) is 0 Å². The van der Waals surface area contributed by atoms with Gasteiger partial charge >= 0.3 is 6.09 Å². The van der Waals surface area contributed by atoms with Crippen molar-refractivity contribution in [3.63, 3.8) is 0 Å². The highest BCUT2D eigenvalue weighted by molar-refractivity contribution is 5.91. The monoisotopic (exact) mass is 519 g/mol. The van der Waals surface area contributed by atoms with Crippen LogP contribution >= 0.6 is 12.4 Å². The predicted octanol–water partition coefficient (Wildman–Crippen LogP) is 6.14. The first-order valence-electron chi connectivity index (χ1n) is 14.2. The molecule has 0 aromatic carbocycles. The van der Waals surface area contributed by atoms with Gasteiger partial charge in [-0.15, -0.1) is 12.4 Å². The van der Waals surface area contributed by atoms with Crippen molar-refractivity contribution in [1.29, 1.82) is 0 Å². The highest BCUT2D eigenvalue weighted by Gasteiger charge is 2.59. The summed E-state index contributed by atoms with van der Waals surface area (Å²) in [6.45, 7) is 8.69. The van der Waals surface area contributed by atoms with Gasteiger partial charge in [-0.2, -0.15) is 0 Å². The first-order valence-corrected chi connectivity index (χ1v) is 14.2. The van der Waals surface area contributed by atoms with Crippen LogP contribution in [-0.2, 0) is 9.63 Å². The van der Waals surface area contributed by atoms with Crippen LogP contribution in [0.25, 0.3) is 0 Å². The van der Waals surface area contributed by atoms with Crippen LogP contribution in [0.15, 0.2) is 16.8 Å². The SMILES string of the molecule is C/C(=N\OC(=O)N(C)C[C@@H]1CCCCN1)[C@H]1CCC2[C@@H]3CCC4=CC(=O)CC[C@]4(C)[C@H]3CC[C@@]21C.Cl. The van der Waals surface area contributed by atoms with Crippen molar-refractivity contribution in [2.24, 2.45) is 39.7 Å². The standard InChI is InChI=1S/C29H45N3O3.ClH/c1-19(31-35-27(34)32(4)18-21-7-5-6-16-30-21)24-10-11-25-23-9-8-20-17-22(33)12-14-28(20,2)26(23)13-15-29(24,25)3;/h17,21,23-26,30H,5-16,18H2,1-4H3;1H/b31-19+;/t21-,23-,24+,25?,26-,28-,29+;/m0./s1. The lowest BCUT2D eigenvalue weighted by molar-refractivity contribution is -0.117. The van der Waals surface area contributed by atoms with Gasteiger partial charge in [-0.3, -0.25) is 9.63 Å². The fraction of sp³-hybridized carbons (Fsp3) is 0.828. The maximum Gasteiger partial charge on any atom is 0.435 e. The number of carbonyl (C=O) groups is 2. The average Bonchev–Trinajstić information content (AvgIpc) is 3.20. The molecular weight excluding hydrogens is 474 g/mol. The van der Waals surface area contributed by atoms with Gasteiger partial charge in [0.25, 0.3) is 0 Å². The number of ketones is 1. The second-order valence-corrected chi connectivity index (χ2v) is 12.8. The van der Waals surface area contributed by atoms with Crippen LogP contribution in [0.2, 0.25) is 0 Å². The van der Waals surface area contributed by atoms with E-state index in [-0.39, 0.29) is 29.3 Å². The zero-order valence-electron chi connectivity index (χ0n) is 22.7. The molecule has 1 saturated heterocycles. The van der Waals surface area contributed by atoms with Gasteiger partial charge in [-0.25, -0.2) is 4.79 Å². The lowest BCUT2D eigenvalue weighted by Gasteiger charge is -2.58. The average molecular weight is 520 g/mol. The van der Waals surface area contributed by atoms with E-state index < -0.39 is 0 Å². The number of halogens is 1. The molecule has 1 aliphatic heterocycles. The zero-order valence-corrected chi connectivity index (χ0v) is 23.5. The molecule has 7 atom stereocenters. The van der Waals surface area contributed by atoms with E-state index in [0.29, 0.717) is 36.1 Å². The molecule has 0 radical (unpaired) electrons. The molecule has 5 rings (SSSR count). The van der Waals surface area contributed by atoms with Gasteiger partial charge in [-0.05, 0) is 106 Å². The molecule has 6 nitrogen and oxygen atoms in total. The molecule has 0 aromatic rings. The molecule has 4 aliphatic carbocycles. The molecule has 4 fully saturated rings. The summed E-state index contributed by atoms with van der Waals surface area (Å²) in [4.78, 5) is 31.8. The number of likely N-dealkylation sites (N-methyl/N-ethyl adjacent to an activating group) is 1. The summed E-state index contributed by atoms with van der Waals surface area (Å²) >= 11 is 0. The third kappa shape index (κ3) is 4.89. The van der Waals surface area contributed by atoms with Gasteiger partial charge < -0.3 is 10.2 Å². The molecule has 1 N–H and O–H groups in total. The predicted molar refractivity (Wildman–Crippen MR) is 145 cm³/mol. The van der Waals surface area contributed by atoms with E-state index >= 15 is 0 Å². The number of nitrogens with zero attached hydrogens (tertiary/aromatic N) is 2. The third-order valence-corrected chi connectivity index (χ3v) is 11.0. The first-order chi connectivity index (χ1) is 16.7. The number of hydrogen-bond acceptors (Lipinski definition) is 5. The number of rotatable bonds is 4. The van der Waals surface area contributed by atoms with Crippen molar-refractivity contribution in [3.8, 4) is 0 Å². The summed E-state index contributed by atoms with van der Waals surface area (Å²) in [5.41, 5.74) is 2.86. The van der Waals surface area contributed by atoms with E-state index in [2.05, 4.69) is 31.2 Å². The van der Waals surface area contributed by atoms with Crippen molar-refractivity contribution in [2.45, 2.75) is 97.4 Å². The molecule has 1 amide bonds. The number of oxime groups is 1. The Kier molecular flexibility index (Phi) is 8.26.